The fourth-order valence-electron chi connectivity index (χ4n) is 2.81. The van der Waals surface area contributed by atoms with Gasteiger partial charge in [-0.1, -0.05) is 6.92 Å². The molecule has 0 unspecified atom stereocenters. The van der Waals surface area contributed by atoms with E-state index in [-0.39, 0.29) is 0 Å². The van der Waals surface area contributed by atoms with E-state index in [0.29, 0.717) is 35.8 Å². The minimum Gasteiger partial charge on any atom is -0.346 e. The van der Waals surface area contributed by atoms with Gasteiger partial charge in [-0.25, -0.2) is 8.42 Å². The van der Waals surface area contributed by atoms with Gasteiger partial charge in [0.25, 0.3) is 0 Å². The van der Waals surface area contributed by atoms with Gasteiger partial charge in [0, 0.05) is 31.0 Å². The third-order valence-electron chi connectivity index (χ3n) is 4.36. The third kappa shape index (κ3) is 2.63. The molecule has 0 bridgehead atoms. The van der Waals surface area contributed by atoms with Gasteiger partial charge >= 0.3 is 0 Å². The first-order valence-corrected chi connectivity index (χ1v) is 9.26. The Balaban J connectivity index is 1.87. The average Bonchev–Trinajstić information content (AvgIpc) is 3.18. The molecule has 1 aromatic heterocycles. The summed E-state index contributed by atoms with van der Waals surface area (Å²) in [6, 6.07) is 2.20. The van der Waals surface area contributed by atoms with Crippen molar-refractivity contribution in [3.05, 3.63) is 18.0 Å². The van der Waals surface area contributed by atoms with Gasteiger partial charge in [0.15, 0.2) is 0 Å². The maximum absolute atomic E-state index is 12.7. The van der Waals surface area contributed by atoms with Crippen LogP contribution in [0.15, 0.2) is 17.2 Å². The zero-order chi connectivity index (χ0) is 14.3. The highest BCUT2D eigenvalue weighted by Gasteiger charge is 2.32. The monoisotopic (exact) mass is 316 g/mol. The Morgan fingerprint density at radius 1 is 1.25 bits per heavy atom. The van der Waals surface area contributed by atoms with E-state index in [1.54, 1.807) is 16.6 Å². The highest BCUT2D eigenvalue weighted by atomic mass is 35.5. The first-order chi connectivity index (χ1) is 9.52. The Morgan fingerprint density at radius 3 is 2.45 bits per heavy atom. The first kappa shape index (κ1) is 14.4. The second-order valence-electron chi connectivity index (χ2n) is 6.03. The van der Waals surface area contributed by atoms with E-state index in [4.69, 9.17) is 11.6 Å². The molecule has 2 fully saturated rings. The van der Waals surface area contributed by atoms with Crippen molar-refractivity contribution in [2.75, 3.05) is 13.1 Å². The van der Waals surface area contributed by atoms with Crippen molar-refractivity contribution in [2.45, 2.75) is 49.4 Å². The minimum atomic E-state index is -3.35. The zero-order valence-electron chi connectivity index (χ0n) is 11.8. The molecule has 0 N–H and O–H groups in total. The molecule has 0 spiro atoms. The molecular weight excluding hydrogens is 296 g/mol. The van der Waals surface area contributed by atoms with E-state index in [9.17, 15) is 8.42 Å². The highest BCUT2D eigenvalue weighted by Crippen LogP contribution is 2.38. The van der Waals surface area contributed by atoms with Gasteiger partial charge in [0.1, 0.15) is 4.90 Å². The van der Waals surface area contributed by atoms with Crippen molar-refractivity contribution in [1.29, 1.82) is 0 Å². The molecule has 0 amide bonds. The molecule has 2 aliphatic rings. The van der Waals surface area contributed by atoms with Crippen LogP contribution in [-0.4, -0.2) is 30.4 Å². The smallest absolute Gasteiger partial charge is 0.244 e. The summed E-state index contributed by atoms with van der Waals surface area (Å²) >= 11 is 5.94. The lowest BCUT2D eigenvalue weighted by Gasteiger charge is -2.29. The maximum atomic E-state index is 12.7. The van der Waals surface area contributed by atoms with Crippen LogP contribution in [0.2, 0.25) is 0 Å². The van der Waals surface area contributed by atoms with Crippen LogP contribution in [0.25, 0.3) is 0 Å². The van der Waals surface area contributed by atoms with Crippen LogP contribution < -0.4 is 0 Å². The molecule has 1 aliphatic heterocycles. The van der Waals surface area contributed by atoms with Gasteiger partial charge in [0.2, 0.25) is 10.0 Å². The molecule has 0 aromatic carbocycles. The van der Waals surface area contributed by atoms with Crippen molar-refractivity contribution in [3.63, 3.8) is 0 Å². The van der Waals surface area contributed by atoms with Crippen molar-refractivity contribution < 1.29 is 8.42 Å². The van der Waals surface area contributed by atoms with E-state index >= 15 is 0 Å². The lowest BCUT2D eigenvalue weighted by molar-refractivity contribution is 0.288. The average molecular weight is 317 g/mol. The summed E-state index contributed by atoms with van der Waals surface area (Å²) in [6.07, 6.45) is 5.93. The number of alkyl halides is 1. The second-order valence-corrected chi connectivity index (χ2v) is 8.23. The number of aromatic nitrogens is 1. The molecule has 0 atom stereocenters. The maximum Gasteiger partial charge on any atom is 0.244 e. The van der Waals surface area contributed by atoms with Gasteiger partial charge in [-0.2, -0.15) is 4.31 Å². The molecule has 0 radical (unpaired) electrons. The number of hydrogen-bond acceptors (Lipinski definition) is 2. The SMILES string of the molecule is CC1CCN(S(=O)(=O)c2cc(CCl)n(C3CC3)c2)CC1. The normalized spacial score (nSPS) is 22.3. The van der Waals surface area contributed by atoms with Gasteiger partial charge in [0.05, 0.1) is 5.88 Å². The molecule has 4 nitrogen and oxygen atoms in total. The minimum absolute atomic E-state index is 0.364. The third-order valence-corrected chi connectivity index (χ3v) is 6.50. The van der Waals surface area contributed by atoms with Crippen LogP contribution in [0.5, 0.6) is 0 Å². The van der Waals surface area contributed by atoms with Crippen LogP contribution in [-0.2, 0) is 15.9 Å². The Bertz CT molecular complexity index is 584. The quantitative estimate of drug-likeness (QED) is 0.801. The lowest BCUT2D eigenvalue weighted by atomic mass is 10.0. The summed E-state index contributed by atoms with van der Waals surface area (Å²) in [4.78, 5) is 0.412. The van der Waals surface area contributed by atoms with Crippen LogP contribution in [0, 0.1) is 5.92 Å². The van der Waals surface area contributed by atoms with Crippen LogP contribution in [0.1, 0.15) is 44.3 Å². The number of halogens is 1. The van der Waals surface area contributed by atoms with E-state index in [0.717, 1.165) is 31.4 Å². The topological polar surface area (TPSA) is 42.3 Å². The fourth-order valence-corrected chi connectivity index (χ4v) is 4.55. The van der Waals surface area contributed by atoms with E-state index in [1.165, 1.54) is 0 Å². The molecule has 20 heavy (non-hydrogen) atoms. The Labute approximate surface area is 125 Å². The molecule has 6 heteroatoms. The van der Waals surface area contributed by atoms with Gasteiger partial charge in [-0.15, -0.1) is 11.6 Å². The molecule has 1 aliphatic carbocycles. The van der Waals surface area contributed by atoms with Gasteiger partial charge < -0.3 is 4.57 Å². The van der Waals surface area contributed by atoms with E-state index in [2.05, 4.69) is 6.92 Å². The van der Waals surface area contributed by atoms with Crippen LogP contribution in [0.4, 0.5) is 0 Å². The predicted molar refractivity (Wildman–Crippen MR) is 79.4 cm³/mol. The summed E-state index contributed by atoms with van der Waals surface area (Å²) in [7, 11) is -3.35. The summed E-state index contributed by atoms with van der Waals surface area (Å²) < 4.78 is 29.0. The molecule has 1 saturated heterocycles. The van der Waals surface area contributed by atoms with Crippen molar-refractivity contribution in [3.8, 4) is 0 Å². The first-order valence-electron chi connectivity index (χ1n) is 7.29. The Morgan fingerprint density at radius 2 is 1.90 bits per heavy atom. The molecular formula is C14H21ClN2O2S. The number of sulfonamides is 1. The summed E-state index contributed by atoms with van der Waals surface area (Å²) in [5, 5.41) is 0. The zero-order valence-corrected chi connectivity index (χ0v) is 13.3. The molecule has 3 rings (SSSR count). The van der Waals surface area contributed by atoms with Crippen molar-refractivity contribution in [1.82, 2.24) is 8.87 Å². The largest absolute Gasteiger partial charge is 0.346 e. The van der Waals surface area contributed by atoms with Crippen molar-refractivity contribution >= 4 is 21.6 Å². The van der Waals surface area contributed by atoms with Crippen molar-refractivity contribution in [2.24, 2.45) is 5.92 Å². The number of rotatable bonds is 4. The summed E-state index contributed by atoms with van der Waals surface area (Å²) in [6.45, 7) is 3.45. The van der Waals surface area contributed by atoms with Crippen LogP contribution in [0.3, 0.4) is 0 Å². The fraction of sp³-hybridized carbons (Fsp3) is 0.714. The lowest BCUT2D eigenvalue weighted by Crippen LogP contribution is -2.37. The molecule has 1 aromatic rings. The molecule has 112 valence electrons. The standard InChI is InChI=1S/C14H21ClN2O2S/c1-11-4-6-16(7-5-11)20(18,19)14-8-13(9-15)17(10-14)12-2-3-12/h8,10-12H,2-7,9H2,1H3. The van der Waals surface area contributed by atoms with Gasteiger partial charge in [-0.05, 0) is 37.7 Å². The van der Waals surface area contributed by atoms with E-state index in [1.807, 2.05) is 4.57 Å². The Kier molecular flexibility index (Phi) is 3.86. The van der Waals surface area contributed by atoms with Gasteiger partial charge in [-0.3, -0.25) is 0 Å². The molecule has 2 heterocycles. The summed E-state index contributed by atoms with van der Waals surface area (Å²) in [5.74, 6) is 0.985. The Hall–Kier alpha value is -0.520. The summed E-state index contributed by atoms with van der Waals surface area (Å²) in [5.41, 5.74) is 0.915. The number of piperidine rings is 1. The highest BCUT2D eigenvalue weighted by molar-refractivity contribution is 7.89. The van der Waals surface area contributed by atoms with E-state index < -0.39 is 10.0 Å². The predicted octanol–water partition coefficient (Wildman–Crippen LogP) is 2.98. The number of hydrogen-bond donors (Lipinski definition) is 0. The second kappa shape index (κ2) is 5.35. The molecule has 1 saturated carbocycles. The van der Waals surface area contributed by atoms with Crippen LogP contribution >= 0.6 is 11.6 Å². The number of nitrogens with zero attached hydrogens (tertiary/aromatic N) is 2.